The third-order valence-corrected chi connectivity index (χ3v) is 5.13. The summed E-state index contributed by atoms with van der Waals surface area (Å²) in [5.74, 6) is 0.812. The number of rotatable bonds is 3. The Kier molecular flexibility index (Phi) is 4.02. The smallest absolute Gasteiger partial charge is 0.138 e. The quantitative estimate of drug-likeness (QED) is 0.520. The first-order valence-electron chi connectivity index (χ1n) is 8.24. The molecular formula is C21H16ClN3O. The van der Waals surface area contributed by atoms with Crippen molar-refractivity contribution in [3.63, 3.8) is 0 Å². The van der Waals surface area contributed by atoms with Crippen molar-refractivity contribution in [3.8, 4) is 11.8 Å². The molecule has 2 heterocycles. The predicted octanol–water partition coefficient (Wildman–Crippen LogP) is 4.92. The van der Waals surface area contributed by atoms with Crippen LogP contribution in [0.2, 0.25) is 5.02 Å². The number of pyridine rings is 1. The lowest BCUT2D eigenvalue weighted by molar-refractivity contribution is 0.414. The van der Waals surface area contributed by atoms with Gasteiger partial charge in [0, 0.05) is 6.20 Å². The average molecular weight is 362 g/mol. The van der Waals surface area contributed by atoms with Crippen LogP contribution in [0.25, 0.3) is 16.7 Å². The monoisotopic (exact) mass is 361 g/mol. The van der Waals surface area contributed by atoms with Gasteiger partial charge in [0.2, 0.25) is 0 Å². The van der Waals surface area contributed by atoms with Crippen molar-refractivity contribution in [1.82, 2.24) is 9.38 Å². The van der Waals surface area contributed by atoms with Crippen molar-refractivity contribution in [3.05, 3.63) is 75.9 Å². The first kappa shape index (κ1) is 16.4. The SMILES string of the molecule is COc1ccc(Cc2c(C)c(C#N)c3nc4ccccn4c3c2Cl)cc1. The molecule has 0 saturated heterocycles. The van der Waals surface area contributed by atoms with Gasteiger partial charge in [0.1, 0.15) is 23.0 Å². The van der Waals surface area contributed by atoms with E-state index in [0.29, 0.717) is 22.5 Å². The molecule has 128 valence electrons. The van der Waals surface area contributed by atoms with Gasteiger partial charge in [-0.25, -0.2) is 4.98 Å². The van der Waals surface area contributed by atoms with E-state index in [-0.39, 0.29) is 0 Å². The molecule has 4 rings (SSSR count). The summed E-state index contributed by atoms with van der Waals surface area (Å²) in [4.78, 5) is 4.62. The van der Waals surface area contributed by atoms with Crippen LogP contribution in [0.15, 0.2) is 48.7 Å². The zero-order valence-electron chi connectivity index (χ0n) is 14.5. The lowest BCUT2D eigenvalue weighted by Gasteiger charge is -2.12. The summed E-state index contributed by atoms with van der Waals surface area (Å²) < 4.78 is 7.16. The zero-order valence-corrected chi connectivity index (χ0v) is 15.2. The number of hydrogen-bond acceptors (Lipinski definition) is 3. The molecule has 0 saturated carbocycles. The topological polar surface area (TPSA) is 50.3 Å². The van der Waals surface area contributed by atoms with E-state index in [2.05, 4.69) is 11.1 Å². The Morgan fingerprint density at radius 2 is 1.96 bits per heavy atom. The first-order chi connectivity index (χ1) is 12.6. The van der Waals surface area contributed by atoms with Gasteiger partial charge < -0.3 is 4.74 Å². The average Bonchev–Trinajstić information content (AvgIpc) is 3.05. The van der Waals surface area contributed by atoms with Crippen LogP contribution in [0, 0.1) is 18.3 Å². The molecule has 2 aromatic heterocycles. The van der Waals surface area contributed by atoms with Crippen LogP contribution in [-0.2, 0) is 6.42 Å². The minimum absolute atomic E-state index is 0.580. The molecule has 0 radical (unpaired) electrons. The number of nitriles is 1. The van der Waals surface area contributed by atoms with Crippen LogP contribution in [0.4, 0.5) is 0 Å². The van der Waals surface area contributed by atoms with Crippen molar-refractivity contribution in [2.24, 2.45) is 0 Å². The number of nitrogens with zero attached hydrogens (tertiary/aromatic N) is 3. The maximum atomic E-state index is 9.73. The second-order valence-electron chi connectivity index (χ2n) is 6.17. The third-order valence-electron chi connectivity index (χ3n) is 4.72. The fraction of sp³-hybridized carbons (Fsp3) is 0.143. The van der Waals surface area contributed by atoms with Gasteiger partial charge in [0.15, 0.2) is 0 Å². The molecule has 0 spiro atoms. The van der Waals surface area contributed by atoms with E-state index in [4.69, 9.17) is 16.3 Å². The number of imidazole rings is 1. The van der Waals surface area contributed by atoms with Crippen LogP contribution in [-0.4, -0.2) is 16.5 Å². The predicted molar refractivity (Wildman–Crippen MR) is 103 cm³/mol. The third kappa shape index (κ3) is 2.49. The Morgan fingerprint density at radius 1 is 1.19 bits per heavy atom. The van der Waals surface area contributed by atoms with Gasteiger partial charge in [0.05, 0.1) is 23.2 Å². The summed E-state index contributed by atoms with van der Waals surface area (Å²) in [6.45, 7) is 1.94. The van der Waals surface area contributed by atoms with Crippen LogP contribution in [0.3, 0.4) is 0 Å². The maximum Gasteiger partial charge on any atom is 0.138 e. The zero-order chi connectivity index (χ0) is 18.3. The molecule has 0 aliphatic heterocycles. The summed E-state index contributed by atoms with van der Waals surface area (Å²) in [6.07, 6.45) is 2.56. The Morgan fingerprint density at radius 3 is 2.65 bits per heavy atom. The van der Waals surface area contributed by atoms with Gasteiger partial charge >= 0.3 is 0 Å². The fourth-order valence-electron chi connectivity index (χ4n) is 3.31. The molecule has 4 nitrogen and oxygen atoms in total. The minimum atomic E-state index is 0.580. The Hall–Kier alpha value is -3.03. The minimum Gasteiger partial charge on any atom is -0.497 e. The van der Waals surface area contributed by atoms with Crippen LogP contribution in [0.5, 0.6) is 5.75 Å². The lowest BCUT2D eigenvalue weighted by atomic mass is 9.95. The van der Waals surface area contributed by atoms with Gasteiger partial charge in [-0.3, -0.25) is 4.40 Å². The van der Waals surface area contributed by atoms with Crippen molar-refractivity contribution in [2.75, 3.05) is 7.11 Å². The van der Waals surface area contributed by atoms with Crippen molar-refractivity contribution >= 4 is 28.3 Å². The first-order valence-corrected chi connectivity index (χ1v) is 8.62. The highest BCUT2D eigenvalue weighted by Gasteiger charge is 2.20. The van der Waals surface area contributed by atoms with Crippen LogP contribution in [0.1, 0.15) is 22.3 Å². The standard InChI is InChI=1S/C21H16ClN3O/c1-13-16(11-14-6-8-15(26-2)9-7-14)19(22)21-20(17(13)12-23)24-18-5-3-4-10-25(18)21/h3-10H,11H2,1-2H3. The van der Waals surface area contributed by atoms with Gasteiger partial charge in [-0.05, 0) is 54.3 Å². The number of benzene rings is 2. The number of halogens is 1. The summed E-state index contributed by atoms with van der Waals surface area (Å²) >= 11 is 6.81. The van der Waals surface area contributed by atoms with E-state index >= 15 is 0 Å². The highest BCUT2D eigenvalue weighted by molar-refractivity contribution is 6.36. The number of ether oxygens (including phenoxy) is 1. The molecule has 0 fully saturated rings. The van der Waals surface area contributed by atoms with Crippen molar-refractivity contribution in [1.29, 1.82) is 5.26 Å². The summed E-state index contributed by atoms with van der Waals surface area (Å²) in [7, 11) is 1.65. The highest BCUT2D eigenvalue weighted by atomic mass is 35.5. The second kappa shape index (κ2) is 6.36. The Bertz CT molecular complexity index is 1170. The van der Waals surface area contributed by atoms with E-state index < -0.39 is 0 Å². The summed E-state index contributed by atoms with van der Waals surface area (Å²) in [6, 6.07) is 16.0. The van der Waals surface area contributed by atoms with Crippen LogP contribution < -0.4 is 4.74 Å². The molecule has 5 heteroatoms. The van der Waals surface area contributed by atoms with E-state index in [1.807, 2.05) is 60.0 Å². The van der Waals surface area contributed by atoms with Gasteiger partial charge in [-0.1, -0.05) is 29.8 Å². The molecule has 0 N–H and O–H groups in total. The molecule has 4 aromatic rings. The molecular weight excluding hydrogens is 346 g/mol. The van der Waals surface area contributed by atoms with Gasteiger partial charge in [-0.15, -0.1) is 0 Å². The molecule has 26 heavy (non-hydrogen) atoms. The molecule has 0 aliphatic carbocycles. The second-order valence-corrected chi connectivity index (χ2v) is 6.55. The van der Waals surface area contributed by atoms with E-state index in [0.717, 1.165) is 33.6 Å². The highest BCUT2D eigenvalue weighted by Crippen LogP contribution is 2.35. The lowest BCUT2D eigenvalue weighted by Crippen LogP contribution is -1.99. The van der Waals surface area contributed by atoms with E-state index in [1.165, 1.54) is 0 Å². The summed E-state index contributed by atoms with van der Waals surface area (Å²) in [5.41, 5.74) is 5.73. The number of fused-ring (bicyclic) bond motifs is 3. The normalized spacial score (nSPS) is 11.0. The molecule has 2 aromatic carbocycles. The van der Waals surface area contributed by atoms with Crippen molar-refractivity contribution < 1.29 is 4.74 Å². The maximum absolute atomic E-state index is 9.73. The molecule has 0 unspecified atom stereocenters. The fourth-order valence-corrected chi connectivity index (χ4v) is 3.70. The van der Waals surface area contributed by atoms with Crippen molar-refractivity contribution in [2.45, 2.75) is 13.3 Å². The summed E-state index contributed by atoms with van der Waals surface area (Å²) in [5, 5.41) is 10.4. The van der Waals surface area contributed by atoms with Gasteiger partial charge in [0.25, 0.3) is 0 Å². The molecule has 0 atom stereocenters. The Labute approximate surface area is 156 Å². The molecule has 0 bridgehead atoms. The molecule has 0 aliphatic rings. The van der Waals surface area contributed by atoms with E-state index in [9.17, 15) is 5.26 Å². The molecule has 0 amide bonds. The largest absolute Gasteiger partial charge is 0.497 e. The Balaban J connectivity index is 1.96. The number of hydrogen-bond donors (Lipinski definition) is 0. The number of aromatic nitrogens is 2. The van der Waals surface area contributed by atoms with Crippen LogP contribution >= 0.6 is 11.6 Å². The number of methoxy groups -OCH3 is 1. The van der Waals surface area contributed by atoms with E-state index in [1.54, 1.807) is 7.11 Å². The van der Waals surface area contributed by atoms with Gasteiger partial charge in [-0.2, -0.15) is 5.26 Å².